The SMILES string of the molecule is C[C@H](C(=O)NC1CCCC1)N(Cc1ccccc1F)C(=O)CN(c1ccc(C(C)(C)C)cc1)S(C)(=O)=O. The predicted molar refractivity (Wildman–Crippen MR) is 144 cm³/mol. The highest BCUT2D eigenvalue weighted by Crippen LogP contribution is 2.26. The van der Waals surface area contributed by atoms with E-state index in [0.29, 0.717) is 5.69 Å². The number of amides is 2. The fraction of sp³-hybridized carbons (Fsp3) is 0.500. The molecule has 0 radical (unpaired) electrons. The van der Waals surface area contributed by atoms with Crippen molar-refractivity contribution in [1.29, 1.82) is 0 Å². The first-order valence-electron chi connectivity index (χ1n) is 12.7. The fourth-order valence-electron chi connectivity index (χ4n) is 4.53. The number of nitrogens with zero attached hydrogens (tertiary/aromatic N) is 2. The van der Waals surface area contributed by atoms with Crippen molar-refractivity contribution in [2.75, 3.05) is 17.1 Å². The summed E-state index contributed by atoms with van der Waals surface area (Å²) in [5.41, 5.74) is 1.49. The van der Waals surface area contributed by atoms with Crippen LogP contribution in [0.15, 0.2) is 48.5 Å². The minimum Gasteiger partial charge on any atom is -0.352 e. The lowest BCUT2D eigenvalue weighted by Gasteiger charge is -2.32. The maximum absolute atomic E-state index is 14.5. The number of rotatable bonds is 9. The van der Waals surface area contributed by atoms with Gasteiger partial charge in [-0.1, -0.05) is 63.9 Å². The summed E-state index contributed by atoms with van der Waals surface area (Å²) in [7, 11) is -3.83. The van der Waals surface area contributed by atoms with Gasteiger partial charge in [-0.2, -0.15) is 0 Å². The molecular weight excluding hydrogens is 493 g/mol. The van der Waals surface area contributed by atoms with Crippen LogP contribution in [0.3, 0.4) is 0 Å². The molecule has 9 heteroatoms. The monoisotopic (exact) mass is 531 g/mol. The van der Waals surface area contributed by atoms with Crippen LogP contribution in [0.2, 0.25) is 0 Å². The predicted octanol–water partition coefficient (Wildman–Crippen LogP) is 4.37. The smallest absolute Gasteiger partial charge is 0.244 e. The average Bonchev–Trinajstić information content (AvgIpc) is 3.33. The molecule has 0 saturated heterocycles. The Hall–Kier alpha value is -2.94. The fourth-order valence-corrected chi connectivity index (χ4v) is 5.38. The maximum atomic E-state index is 14.5. The Morgan fingerprint density at radius 3 is 2.19 bits per heavy atom. The highest BCUT2D eigenvalue weighted by Gasteiger charge is 2.32. The van der Waals surface area contributed by atoms with Crippen molar-refractivity contribution in [2.24, 2.45) is 0 Å². The Morgan fingerprint density at radius 1 is 1.05 bits per heavy atom. The van der Waals surface area contributed by atoms with Gasteiger partial charge in [-0.25, -0.2) is 12.8 Å². The van der Waals surface area contributed by atoms with Crippen LogP contribution < -0.4 is 9.62 Å². The molecule has 1 aliphatic carbocycles. The molecule has 0 heterocycles. The van der Waals surface area contributed by atoms with E-state index in [1.54, 1.807) is 37.3 Å². The average molecular weight is 532 g/mol. The zero-order chi connectivity index (χ0) is 27.4. The van der Waals surface area contributed by atoms with Crippen molar-refractivity contribution in [3.63, 3.8) is 0 Å². The second-order valence-electron chi connectivity index (χ2n) is 10.8. The summed E-state index contributed by atoms with van der Waals surface area (Å²) < 4.78 is 41.0. The molecular formula is C28H38FN3O4S. The Morgan fingerprint density at radius 2 is 1.65 bits per heavy atom. The molecule has 202 valence electrons. The van der Waals surface area contributed by atoms with Gasteiger partial charge in [0.15, 0.2) is 0 Å². The summed E-state index contributed by atoms with van der Waals surface area (Å²) in [6.45, 7) is 7.08. The molecule has 2 amide bonds. The minimum absolute atomic E-state index is 0.0502. The van der Waals surface area contributed by atoms with E-state index in [1.165, 1.54) is 11.0 Å². The van der Waals surface area contributed by atoms with Crippen molar-refractivity contribution in [3.05, 3.63) is 65.5 Å². The molecule has 1 aliphatic rings. The van der Waals surface area contributed by atoms with Crippen molar-refractivity contribution in [3.8, 4) is 0 Å². The van der Waals surface area contributed by atoms with Crippen molar-refractivity contribution in [1.82, 2.24) is 10.2 Å². The lowest BCUT2D eigenvalue weighted by Crippen LogP contribution is -2.52. The van der Waals surface area contributed by atoms with Crippen molar-refractivity contribution < 1.29 is 22.4 Å². The zero-order valence-corrected chi connectivity index (χ0v) is 23.1. The van der Waals surface area contributed by atoms with E-state index in [4.69, 9.17) is 0 Å². The molecule has 1 saturated carbocycles. The molecule has 1 fully saturated rings. The first-order chi connectivity index (χ1) is 17.3. The van der Waals surface area contributed by atoms with E-state index in [0.717, 1.165) is 41.8 Å². The minimum atomic E-state index is -3.83. The molecule has 1 N–H and O–H groups in total. The van der Waals surface area contributed by atoms with Crippen LogP contribution in [-0.4, -0.2) is 50.0 Å². The number of halogens is 1. The highest BCUT2D eigenvalue weighted by atomic mass is 32.2. The van der Waals surface area contributed by atoms with Crippen LogP contribution in [0.25, 0.3) is 0 Å². The van der Waals surface area contributed by atoms with Crippen molar-refractivity contribution >= 4 is 27.5 Å². The quantitative estimate of drug-likeness (QED) is 0.521. The summed E-state index contributed by atoms with van der Waals surface area (Å²) in [5, 5.41) is 2.99. The van der Waals surface area contributed by atoms with Crippen LogP contribution in [0, 0.1) is 5.82 Å². The van der Waals surface area contributed by atoms with Crippen LogP contribution >= 0.6 is 0 Å². The molecule has 1 atom stereocenters. The Labute approximate surface area is 220 Å². The largest absolute Gasteiger partial charge is 0.352 e. The van der Waals surface area contributed by atoms with Crippen LogP contribution in [-0.2, 0) is 31.6 Å². The number of carbonyl (C=O) groups is 2. The number of hydrogen-bond donors (Lipinski definition) is 1. The zero-order valence-electron chi connectivity index (χ0n) is 22.3. The Kier molecular flexibility index (Phi) is 9.00. The summed E-state index contributed by atoms with van der Waals surface area (Å²) in [6, 6.07) is 12.2. The molecule has 37 heavy (non-hydrogen) atoms. The summed E-state index contributed by atoms with van der Waals surface area (Å²) in [6.07, 6.45) is 4.87. The topological polar surface area (TPSA) is 86.8 Å². The van der Waals surface area contributed by atoms with Gasteiger partial charge < -0.3 is 10.2 Å². The van der Waals surface area contributed by atoms with Gasteiger partial charge in [-0.3, -0.25) is 13.9 Å². The molecule has 2 aromatic rings. The molecule has 0 aliphatic heterocycles. The lowest BCUT2D eigenvalue weighted by atomic mass is 9.87. The van der Waals surface area contributed by atoms with Crippen LogP contribution in [0.5, 0.6) is 0 Å². The Balaban J connectivity index is 1.89. The van der Waals surface area contributed by atoms with E-state index < -0.39 is 34.3 Å². The van der Waals surface area contributed by atoms with Gasteiger partial charge in [0, 0.05) is 18.2 Å². The third kappa shape index (κ3) is 7.53. The first-order valence-corrected chi connectivity index (χ1v) is 14.5. The lowest BCUT2D eigenvalue weighted by molar-refractivity contribution is -0.139. The maximum Gasteiger partial charge on any atom is 0.244 e. The summed E-state index contributed by atoms with van der Waals surface area (Å²) in [5.74, 6) is -1.43. The first kappa shape index (κ1) is 28.6. The third-order valence-corrected chi connectivity index (χ3v) is 8.01. The summed E-state index contributed by atoms with van der Waals surface area (Å²) in [4.78, 5) is 27.9. The van der Waals surface area contributed by atoms with Gasteiger partial charge in [0.2, 0.25) is 21.8 Å². The number of sulfonamides is 1. The van der Waals surface area contributed by atoms with Gasteiger partial charge in [0.05, 0.1) is 11.9 Å². The van der Waals surface area contributed by atoms with Gasteiger partial charge in [0.1, 0.15) is 18.4 Å². The molecule has 0 aromatic heterocycles. The van der Waals surface area contributed by atoms with E-state index in [9.17, 15) is 22.4 Å². The molecule has 0 spiro atoms. The number of carbonyl (C=O) groups excluding carboxylic acids is 2. The summed E-state index contributed by atoms with van der Waals surface area (Å²) >= 11 is 0. The third-order valence-electron chi connectivity index (χ3n) is 6.87. The second-order valence-corrected chi connectivity index (χ2v) is 12.8. The normalized spacial score (nSPS) is 15.3. The molecule has 0 unspecified atom stereocenters. The van der Waals surface area contributed by atoms with Crippen LogP contribution in [0.4, 0.5) is 10.1 Å². The van der Waals surface area contributed by atoms with Gasteiger partial charge in [0.25, 0.3) is 0 Å². The Bertz CT molecular complexity index is 1200. The number of nitrogens with one attached hydrogen (secondary N) is 1. The van der Waals surface area contributed by atoms with E-state index >= 15 is 0 Å². The second kappa shape index (κ2) is 11.6. The number of benzene rings is 2. The van der Waals surface area contributed by atoms with Crippen LogP contribution in [0.1, 0.15) is 64.5 Å². The number of anilines is 1. The van der Waals surface area contributed by atoms with E-state index in [1.807, 2.05) is 12.1 Å². The van der Waals surface area contributed by atoms with Gasteiger partial charge >= 0.3 is 0 Å². The van der Waals surface area contributed by atoms with Gasteiger partial charge in [-0.05, 0) is 48.9 Å². The number of hydrogen-bond acceptors (Lipinski definition) is 4. The molecule has 3 rings (SSSR count). The van der Waals surface area contributed by atoms with Gasteiger partial charge in [-0.15, -0.1) is 0 Å². The molecule has 2 aromatic carbocycles. The standard InChI is InChI=1S/C28H38FN3O4S/c1-20(27(34)30-23-11-7-8-12-23)31(18-21-10-6-9-13-25(21)29)26(33)19-32(37(5,35)36)24-16-14-22(15-17-24)28(2,3)4/h6,9-10,13-17,20,23H,7-8,11-12,18-19H2,1-5H3,(H,30,34)/t20-/m1/s1. The van der Waals surface area contributed by atoms with E-state index in [-0.39, 0.29) is 29.5 Å². The van der Waals surface area contributed by atoms with Crippen molar-refractivity contribution in [2.45, 2.75) is 77.4 Å². The molecule has 0 bridgehead atoms. The van der Waals surface area contributed by atoms with E-state index in [2.05, 4.69) is 26.1 Å². The molecule has 7 nitrogen and oxygen atoms in total. The highest BCUT2D eigenvalue weighted by molar-refractivity contribution is 7.92.